The Morgan fingerprint density at radius 2 is 2.38 bits per heavy atom. The predicted octanol–water partition coefficient (Wildman–Crippen LogP) is 3.68. The lowest BCUT2D eigenvalue weighted by Gasteiger charge is -2.13. The van der Waals surface area contributed by atoms with Crippen LogP contribution in [-0.4, -0.2) is 6.10 Å². The number of ether oxygens (including phenoxy) is 1. The summed E-state index contributed by atoms with van der Waals surface area (Å²) >= 11 is 0. The molecule has 0 bridgehead atoms. The Kier molecular flexibility index (Phi) is 4.19. The molecular formula is C11H12N4O. The summed E-state index contributed by atoms with van der Waals surface area (Å²) in [4.78, 5) is 2.66. The van der Waals surface area contributed by atoms with Crippen molar-refractivity contribution >= 4 is 5.69 Å². The molecule has 1 aromatic rings. The third-order valence-corrected chi connectivity index (χ3v) is 2.15. The molecule has 1 atom stereocenters. The van der Waals surface area contributed by atoms with E-state index in [9.17, 15) is 0 Å². The highest BCUT2D eigenvalue weighted by molar-refractivity contribution is 5.52. The third-order valence-electron chi connectivity index (χ3n) is 2.15. The molecule has 5 nitrogen and oxygen atoms in total. The summed E-state index contributed by atoms with van der Waals surface area (Å²) in [5.41, 5.74) is 9.07. The van der Waals surface area contributed by atoms with E-state index < -0.39 is 0 Å². The van der Waals surface area contributed by atoms with Crippen LogP contribution in [0.3, 0.4) is 0 Å². The quantitative estimate of drug-likeness (QED) is 0.437. The molecule has 1 aromatic carbocycles. The van der Waals surface area contributed by atoms with E-state index in [2.05, 4.69) is 10.0 Å². The van der Waals surface area contributed by atoms with E-state index in [0.717, 1.165) is 6.42 Å². The van der Waals surface area contributed by atoms with Crippen LogP contribution in [0.4, 0.5) is 5.69 Å². The zero-order valence-corrected chi connectivity index (χ0v) is 9.21. The third kappa shape index (κ3) is 2.91. The van der Waals surface area contributed by atoms with E-state index in [1.807, 2.05) is 19.9 Å². The summed E-state index contributed by atoms with van der Waals surface area (Å²) in [6.07, 6.45) is 0.917. The fourth-order valence-corrected chi connectivity index (χ4v) is 1.12. The second-order valence-electron chi connectivity index (χ2n) is 3.32. The molecule has 0 heterocycles. The summed E-state index contributed by atoms with van der Waals surface area (Å²) in [5.74, 6) is 0.522. The molecule has 0 spiro atoms. The second kappa shape index (κ2) is 5.64. The minimum Gasteiger partial charge on any atom is -0.489 e. The van der Waals surface area contributed by atoms with Crippen LogP contribution >= 0.6 is 0 Å². The Labute approximate surface area is 93.9 Å². The van der Waals surface area contributed by atoms with Crippen LogP contribution in [0.5, 0.6) is 5.75 Å². The Balaban J connectivity index is 3.03. The molecule has 0 amide bonds. The minimum absolute atomic E-state index is 0.0532. The van der Waals surface area contributed by atoms with E-state index in [4.69, 9.17) is 15.5 Å². The first-order valence-electron chi connectivity index (χ1n) is 4.97. The summed E-state index contributed by atoms with van der Waals surface area (Å²) in [5, 5.41) is 12.4. The fourth-order valence-electron chi connectivity index (χ4n) is 1.12. The van der Waals surface area contributed by atoms with Crippen LogP contribution in [0.1, 0.15) is 25.8 Å². The first-order valence-corrected chi connectivity index (χ1v) is 4.97. The van der Waals surface area contributed by atoms with Gasteiger partial charge in [-0.05, 0) is 37.1 Å². The molecule has 0 aliphatic heterocycles. The average molecular weight is 216 g/mol. The van der Waals surface area contributed by atoms with Crippen molar-refractivity contribution < 1.29 is 4.74 Å². The highest BCUT2D eigenvalue weighted by Gasteiger charge is 2.07. The highest BCUT2D eigenvalue weighted by Crippen LogP contribution is 2.25. The molecule has 0 saturated heterocycles. The van der Waals surface area contributed by atoms with Crippen molar-refractivity contribution in [3.8, 4) is 11.8 Å². The standard InChI is InChI=1S/C11H12N4O/c1-3-8(2)16-11-5-4-10(14-15-13)6-9(11)7-12/h4-6,8H,3H2,1-2H3. The highest BCUT2D eigenvalue weighted by atomic mass is 16.5. The monoisotopic (exact) mass is 216 g/mol. The first-order chi connectivity index (χ1) is 7.71. The molecule has 0 radical (unpaired) electrons. The fraction of sp³-hybridized carbons (Fsp3) is 0.364. The first kappa shape index (κ1) is 11.9. The molecule has 0 fully saturated rings. The number of benzene rings is 1. The van der Waals surface area contributed by atoms with E-state index >= 15 is 0 Å². The molecule has 0 N–H and O–H groups in total. The lowest BCUT2D eigenvalue weighted by atomic mass is 10.2. The number of nitriles is 1. The van der Waals surface area contributed by atoms with Gasteiger partial charge in [0.05, 0.1) is 11.7 Å². The van der Waals surface area contributed by atoms with Gasteiger partial charge < -0.3 is 4.74 Å². The Morgan fingerprint density at radius 3 is 2.94 bits per heavy atom. The maximum Gasteiger partial charge on any atom is 0.137 e. The Hall–Kier alpha value is -2.18. The van der Waals surface area contributed by atoms with Crippen molar-refractivity contribution in [1.29, 1.82) is 5.26 Å². The zero-order valence-electron chi connectivity index (χ0n) is 9.21. The molecular weight excluding hydrogens is 204 g/mol. The average Bonchev–Trinajstić information content (AvgIpc) is 2.31. The van der Waals surface area contributed by atoms with Crippen LogP contribution in [0, 0.1) is 11.3 Å². The normalized spacial score (nSPS) is 11.1. The molecule has 5 heteroatoms. The topological polar surface area (TPSA) is 81.8 Å². The second-order valence-corrected chi connectivity index (χ2v) is 3.32. The summed E-state index contributed by atoms with van der Waals surface area (Å²) < 4.78 is 5.56. The van der Waals surface area contributed by atoms with Crippen molar-refractivity contribution in [3.63, 3.8) is 0 Å². The van der Waals surface area contributed by atoms with Crippen LogP contribution < -0.4 is 4.74 Å². The minimum atomic E-state index is 0.0532. The molecule has 0 aromatic heterocycles. The van der Waals surface area contributed by atoms with Gasteiger partial charge in [0.1, 0.15) is 11.8 Å². The molecule has 82 valence electrons. The molecule has 0 saturated carbocycles. The number of rotatable bonds is 4. The predicted molar refractivity (Wildman–Crippen MR) is 60.3 cm³/mol. The molecule has 0 aliphatic carbocycles. The van der Waals surface area contributed by atoms with Crippen LogP contribution in [-0.2, 0) is 0 Å². The number of azide groups is 1. The van der Waals surface area contributed by atoms with Crippen molar-refractivity contribution in [1.82, 2.24) is 0 Å². The van der Waals surface area contributed by atoms with Crippen molar-refractivity contribution in [2.75, 3.05) is 0 Å². The molecule has 1 unspecified atom stereocenters. The van der Waals surface area contributed by atoms with Gasteiger partial charge in [0, 0.05) is 10.6 Å². The van der Waals surface area contributed by atoms with Gasteiger partial charge in [0.25, 0.3) is 0 Å². The van der Waals surface area contributed by atoms with E-state index in [-0.39, 0.29) is 6.10 Å². The molecule has 1 rings (SSSR count). The van der Waals surface area contributed by atoms with Gasteiger partial charge in [-0.15, -0.1) is 0 Å². The van der Waals surface area contributed by atoms with Crippen molar-refractivity contribution in [2.24, 2.45) is 5.11 Å². The SMILES string of the molecule is CCC(C)Oc1ccc(N=[N+]=[N-])cc1C#N. The summed E-state index contributed by atoms with van der Waals surface area (Å²) in [6, 6.07) is 6.80. The maximum atomic E-state index is 8.93. The van der Waals surface area contributed by atoms with E-state index in [0.29, 0.717) is 17.0 Å². The van der Waals surface area contributed by atoms with Gasteiger partial charge in [-0.3, -0.25) is 0 Å². The Morgan fingerprint density at radius 1 is 1.62 bits per heavy atom. The van der Waals surface area contributed by atoms with Crippen molar-refractivity contribution in [2.45, 2.75) is 26.4 Å². The summed E-state index contributed by atoms with van der Waals surface area (Å²) in [7, 11) is 0. The maximum absolute atomic E-state index is 8.93. The van der Waals surface area contributed by atoms with E-state index in [1.165, 1.54) is 6.07 Å². The van der Waals surface area contributed by atoms with Gasteiger partial charge in [-0.1, -0.05) is 12.0 Å². The van der Waals surface area contributed by atoms with Crippen LogP contribution in [0.15, 0.2) is 23.3 Å². The van der Waals surface area contributed by atoms with Gasteiger partial charge in [-0.25, -0.2) is 0 Å². The van der Waals surface area contributed by atoms with Crippen molar-refractivity contribution in [3.05, 3.63) is 34.2 Å². The smallest absolute Gasteiger partial charge is 0.137 e. The summed E-state index contributed by atoms with van der Waals surface area (Å²) in [6.45, 7) is 3.94. The van der Waals surface area contributed by atoms with E-state index in [1.54, 1.807) is 12.1 Å². The number of hydrogen-bond acceptors (Lipinski definition) is 3. The molecule has 16 heavy (non-hydrogen) atoms. The van der Waals surface area contributed by atoms with Gasteiger partial charge in [-0.2, -0.15) is 5.26 Å². The number of nitrogens with zero attached hydrogens (tertiary/aromatic N) is 4. The lowest BCUT2D eigenvalue weighted by molar-refractivity contribution is 0.217. The van der Waals surface area contributed by atoms with Crippen LogP contribution in [0.25, 0.3) is 10.4 Å². The molecule has 0 aliphatic rings. The van der Waals surface area contributed by atoms with Gasteiger partial charge >= 0.3 is 0 Å². The largest absolute Gasteiger partial charge is 0.489 e. The Bertz CT molecular complexity index is 458. The number of hydrogen-bond donors (Lipinski definition) is 0. The van der Waals surface area contributed by atoms with Crippen LogP contribution in [0.2, 0.25) is 0 Å². The zero-order chi connectivity index (χ0) is 12.0. The van der Waals surface area contributed by atoms with Gasteiger partial charge in [0.2, 0.25) is 0 Å². The lowest BCUT2D eigenvalue weighted by Crippen LogP contribution is -2.10. The van der Waals surface area contributed by atoms with Gasteiger partial charge in [0.15, 0.2) is 0 Å².